The second-order valence-electron chi connectivity index (χ2n) is 6.94. The van der Waals surface area contributed by atoms with Crippen LogP contribution in [0.2, 0.25) is 0 Å². The van der Waals surface area contributed by atoms with Gasteiger partial charge in [-0.15, -0.1) is 0 Å². The van der Waals surface area contributed by atoms with E-state index in [9.17, 15) is 25.3 Å². The van der Waals surface area contributed by atoms with Crippen LogP contribution in [-0.4, -0.2) is 55.2 Å². The lowest BCUT2D eigenvalue weighted by molar-refractivity contribution is 0.0850. The summed E-state index contributed by atoms with van der Waals surface area (Å²) >= 11 is 0. The molecular weight excluding hydrogens is 514 g/mol. The summed E-state index contributed by atoms with van der Waals surface area (Å²) in [4.78, 5) is 1.98. The van der Waals surface area contributed by atoms with Crippen molar-refractivity contribution in [1.82, 2.24) is 0 Å². The van der Waals surface area contributed by atoms with Crippen molar-refractivity contribution < 1.29 is 42.4 Å². The van der Waals surface area contributed by atoms with E-state index in [0.717, 1.165) is 11.1 Å². The molecule has 186 valence electrons. The van der Waals surface area contributed by atoms with E-state index in [-0.39, 0.29) is 9.79 Å². The van der Waals surface area contributed by atoms with E-state index in [2.05, 4.69) is 14.2 Å². The minimum absolute atomic E-state index is 0.233. The fraction of sp³-hybridized carbons (Fsp3) is 0.333. The minimum Gasteiger partial charge on any atom is -0.266 e. The Kier molecular flexibility index (Phi) is 9.15. The van der Waals surface area contributed by atoms with Gasteiger partial charge in [-0.25, -0.2) is 4.18 Å². The maximum Gasteiger partial charge on any atom is 0.397 e. The third-order valence-electron chi connectivity index (χ3n) is 4.28. The molecule has 2 unspecified atom stereocenters. The summed E-state index contributed by atoms with van der Waals surface area (Å²) in [6.45, 7) is 1.45. The van der Waals surface area contributed by atoms with E-state index in [1.807, 2.05) is 0 Å². The number of aryl methyl sites for hydroxylation is 2. The number of hydrogen-bond acceptors (Lipinski definition) is 10. The Labute approximate surface area is 197 Å². The first-order chi connectivity index (χ1) is 15.7. The average Bonchev–Trinajstić information content (AvgIpc) is 2.74. The zero-order valence-electron chi connectivity index (χ0n) is 17.9. The molecule has 2 aromatic rings. The van der Waals surface area contributed by atoms with Crippen molar-refractivity contribution in [2.75, 3.05) is 13.2 Å². The highest BCUT2D eigenvalue weighted by molar-refractivity contribution is 7.87. The molecule has 0 saturated heterocycles. The Morgan fingerprint density at radius 2 is 1.24 bits per heavy atom. The number of azide groups is 1. The molecule has 0 fully saturated rings. The van der Waals surface area contributed by atoms with Crippen molar-refractivity contribution in [2.24, 2.45) is 5.11 Å². The van der Waals surface area contributed by atoms with Crippen LogP contribution in [0, 0.1) is 13.8 Å². The van der Waals surface area contributed by atoms with Crippen molar-refractivity contribution in [3.05, 3.63) is 70.1 Å². The molecule has 16 heteroatoms. The first-order valence-corrected chi connectivity index (χ1v) is 13.5. The quantitative estimate of drug-likeness (QED) is 0.138. The topological polar surface area (TPSA) is 199 Å². The Bertz CT molecular complexity index is 1350. The summed E-state index contributed by atoms with van der Waals surface area (Å²) in [6, 6.07) is 9.28. The lowest BCUT2D eigenvalue weighted by Gasteiger charge is -2.21. The van der Waals surface area contributed by atoms with Gasteiger partial charge in [0.25, 0.3) is 20.2 Å². The van der Waals surface area contributed by atoms with Crippen LogP contribution in [0.3, 0.4) is 0 Å². The Morgan fingerprint density at radius 1 is 0.824 bits per heavy atom. The van der Waals surface area contributed by atoms with Crippen LogP contribution in [0.1, 0.15) is 11.1 Å². The smallest absolute Gasteiger partial charge is 0.266 e. The third-order valence-corrected chi connectivity index (χ3v) is 7.36. The average molecular weight is 536 g/mol. The Morgan fingerprint density at radius 3 is 1.62 bits per heavy atom. The van der Waals surface area contributed by atoms with Crippen LogP contribution in [-0.2, 0) is 43.2 Å². The number of rotatable bonds is 12. The van der Waals surface area contributed by atoms with Gasteiger partial charge >= 0.3 is 10.4 Å². The highest BCUT2D eigenvalue weighted by Crippen LogP contribution is 2.19. The van der Waals surface area contributed by atoms with E-state index in [1.165, 1.54) is 48.5 Å². The van der Waals surface area contributed by atoms with Gasteiger partial charge in [0.15, 0.2) is 0 Å². The van der Waals surface area contributed by atoms with Crippen LogP contribution in [0.15, 0.2) is 63.4 Å². The second-order valence-corrected chi connectivity index (χ2v) is 11.2. The van der Waals surface area contributed by atoms with Gasteiger partial charge in [-0.05, 0) is 43.6 Å². The predicted octanol–water partition coefficient (Wildman–Crippen LogP) is 2.28. The van der Waals surface area contributed by atoms with Gasteiger partial charge in [0.05, 0.1) is 29.0 Å². The first kappa shape index (κ1) is 27.7. The molecule has 0 aliphatic carbocycles. The molecule has 13 nitrogen and oxygen atoms in total. The lowest BCUT2D eigenvalue weighted by Crippen LogP contribution is -2.38. The normalized spacial score (nSPS) is 14.2. The zero-order chi connectivity index (χ0) is 25.6. The molecule has 2 aromatic carbocycles. The van der Waals surface area contributed by atoms with Crippen molar-refractivity contribution in [3.8, 4) is 0 Å². The molecule has 34 heavy (non-hydrogen) atoms. The molecule has 0 aliphatic rings. The monoisotopic (exact) mass is 535 g/mol. The first-order valence-electron chi connectivity index (χ1n) is 9.35. The van der Waals surface area contributed by atoms with Gasteiger partial charge in [-0.3, -0.25) is 12.9 Å². The summed E-state index contributed by atoms with van der Waals surface area (Å²) in [6.07, 6.45) is -1.96. The van der Waals surface area contributed by atoms with Crippen LogP contribution >= 0.6 is 0 Å². The van der Waals surface area contributed by atoms with Gasteiger partial charge in [-0.2, -0.15) is 25.3 Å². The van der Waals surface area contributed by atoms with Crippen LogP contribution in [0.4, 0.5) is 0 Å². The van der Waals surface area contributed by atoms with E-state index in [1.54, 1.807) is 13.8 Å². The van der Waals surface area contributed by atoms with E-state index in [0.29, 0.717) is 0 Å². The molecule has 0 amide bonds. The Hall–Kier alpha value is -2.56. The SMILES string of the molecule is Cc1ccc(S(=O)(=O)OCC(N=[N+]=[N-])C(COS(=O)(=O)c2ccc(C)cc2)OS(=O)(=O)O)cc1. The molecule has 0 heterocycles. The van der Waals surface area contributed by atoms with Gasteiger partial charge in [0, 0.05) is 4.91 Å². The van der Waals surface area contributed by atoms with E-state index < -0.39 is 56.0 Å². The van der Waals surface area contributed by atoms with Crippen LogP contribution in [0.5, 0.6) is 0 Å². The number of benzene rings is 2. The summed E-state index contributed by atoms with van der Waals surface area (Å²) in [5, 5.41) is 3.22. The third kappa shape index (κ3) is 8.34. The lowest BCUT2D eigenvalue weighted by atomic mass is 10.2. The van der Waals surface area contributed by atoms with Gasteiger partial charge in [0.1, 0.15) is 6.10 Å². The molecule has 2 rings (SSSR count). The second kappa shape index (κ2) is 11.2. The van der Waals surface area contributed by atoms with Crippen molar-refractivity contribution in [2.45, 2.75) is 35.8 Å². The summed E-state index contributed by atoms with van der Waals surface area (Å²) in [7, 11) is -14.0. The highest BCUT2D eigenvalue weighted by atomic mass is 32.3. The van der Waals surface area contributed by atoms with Crippen LogP contribution < -0.4 is 0 Å². The maximum absolute atomic E-state index is 12.4. The molecule has 0 aliphatic heterocycles. The van der Waals surface area contributed by atoms with Gasteiger partial charge in [-0.1, -0.05) is 40.5 Å². The molecule has 0 saturated carbocycles. The van der Waals surface area contributed by atoms with Crippen molar-refractivity contribution in [1.29, 1.82) is 0 Å². The van der Waals surface area contributed by atoms with Gasteiger partial charge < -0.3 is 0 Å². The molecule has 0 spiro atoms. The van der Waals surface area contributed by atoms with Crippen LogP contribution in [0.25, 0.3) is 10.4 Å². The van der Waals surface area contributed by atoms with Crippen molar-refractivity contribution >= 4 is 30.6 Å². The molecular formula is C18H21N3O10S3. The van der Waals surface area contributed by atoms with E-state index >= 15 is 0 Å². The zero-order valence-corrected chi connectivity index (χ0v) is 20.3. The fourth-order valence-electron chi connectivity index (χ4n) is 2.50. The number of nitrogens with zero attached hydrogens (tertiary/aromatic N) is 3. The predicted molar refractivity (Wildman–Crippen MR) is 118 cm³/mol. The van der Waals surface area contributed by atoms with Crippen molar-refractivity contribution in [3.63, 3.8) is 0 Å². The molecule has 0 bridgehead atoms. The maximum atomic E-state index is 12.4. The summed E-state index contributed by atoms with van der Waals surface area (Å²) in [5.74, 6) is 0. The Balaban J connectivity index is 2.25. The molecule has 0 radical (unpaired) electrons. The summed E-state index contributed by atoms with van der Waals surface area (Å²) in [5.41, 5.74) is 10.4. The number of hydrogen-bond donors (Lipinski definition) is 1. The fourth-order valence-corrected chi connectivity index (χ4v) is 4.84. The standard InChI is InChI=1S/C18H21N3O10S3/c1-13-3-7-15(8-4-13)32(22,23)29-11-17(20-21-19)18(31-34(26,27)28)12-30-33(24,25)16-9-5-14(2)6-10-16/h3-10,17-18H,11-12H2,1-2H3,(H,26,27,28). The molecule has 2 atom stereocenters. The molecule has 0 aromatic heterocycles. The minimum atomic E-state index is -5.20. The largest absolute Gasteiger partial charge is 0.397 e. The summed E-state index contributed by atoms with van der Waals surface area (Å²) < 4.78 is 95.2. The highest BCUT2D eigenvalue weighted by Gasteiger charge is 2.31. The van der Waals surface area contributed by atoms with Gasteiger partial charge in [0.2, 0.25) is 0 Å². The van der Waals surface area contributed by atoms with E-state index in [4.69, 9.17) is 18.5 Å². The molecule has 1 N–H and O–H groups in total.